The van der Waals surface area contributed by atoms with Gasteiger partial charge in [0, 0.05) is 18.6 Å². The lowest BCUT2D eigenvalue weighted by Crippen LogP contribution is -2.50. The lowest BCUT2D eigenvalue weighted by atomic mass is 10.1. The van der Waals surface area contributed by atoms with Gasteiger partial charge in [0.05, 0.1) is 6.54 Å². The van der Waals surface area contributed by atoms with E-state index in [1.807, 2.05) is 41.5 Å². The number of amides is 1. The van der Waals surface area contributed by atoms with Crippen molar-refractivity contribution in [2.75, 3.05) is 13.1 Å². The second-order valence-electron chi connectivity index (χ2n) is 7.21. The van der Waals surface area contributed by atoms with Crippen LogP contribution in [0.4, 0.5) is 4.79 Å². The van der Waals surface area contributed by atoms with E-state index >= 15 is 0 Å². The molecule has 0 saturated heterocycles. The van der Waals surface area contributed by atoms with Crippen LogP contribution < -0.4 is 5.32 Å². The molecule has 1 aromatic rings. The van der Waals surface area contributed by atoms with Gasteiger partial charge in [0.2, 0.25) is 5.89 Å². The Bertz CT molecular complexity index is 486. The summed E-state index contributed by atoms with van der Waals surface area (Å²) in [6.07, 6.45) is -0.310. The van der Waals surface area contributed by atoms with Crippen LogP contribution in [0.25, 0.3) is 0 Å². The zero-order valence-corrected chi connectivity index (χ0v) is 14.7. The summed E-state index contributed by atoms with van der Waals surface area (Å²) < 4.78 is 10.5. The van der Waals surface area contributed by atoms with Crippen LogP contribution in [0.5, 0.6) is 0 Å². The zero-order chi connectivity index (χ0) is 17.0. The minimum absolute atomic E-state index is 0.310. The first-order valence-electron chi connectivity index (χ1n) is 7.49. The molecule has 1 rings (SSSR count). The van der Waals surface area contributed by atoms with Crippen molar-refractivity contribution >= 4 is 6.09 Å². The number of nitrogens with zero attached hydrogens (tertiary/aromatic N) is 3. The first-order chi connectivity index (χ1) is 9.99. The fourth-order valence-electron chi connectivity index (χ4n) is 1.82. The molecule has 1 heterocycles. The molecule has 0 radical (unpaired) electrons. The Hall–Kier alpha value is -1.63. The average Bonchev–Trinajstić information content (AvgIpc) is 2.70. The van der Waals surface area contributed by atoms with Gasteiger partial charge < -0.3 is 19.5 Å². The van der Waals surface area contributed by atoms with Gasteiger partial charge in [-0.05, 0) is 48.5 Å². The van der Waals surface area contributed by atoms with E-state index in [0.29, 0.717) is 31.3 Å². The summed E-state index contributed by atoms with van der Waals surface area (Å²) in [4.78, 5) is 18.1. The maximum absolute atomic E-state index is 12.3. The van der Waals surface area contributed by atoms with E-state index in [2.05, 4.69) is 15.5 Å². The average molecular weight is 312 g/mol. The number of ether oxygens (including phenoxy) is 1. The van der Waals surface area contributed by atoms with Crippen LogP contribution in [0, 0.1) is 6.92 Å². The van der Waals surface area contributed by atoms with Crippen LogP contribution in [0.2, 0.25) is 0 Å². The Labute approximate surface area is 132 Å². The molecule has 0 aliphatic carbocycles. The summed E-state index contributed by atoms with van der Waals surface area (Å²) in [7, 11) is 0. The number of aryl methyl sites for hydroxylation is 1. The van der Waals surface area contributed by atoms with Crippen LogP contribution in [-0.2, 0) is 11.3 Å². The molecule has 1 aromatic heterocycles. The normalized spacial score (nSPS) is 12.3. The second kappa shape index (κ2) is 7.09. The molecule has 0 saturated carbocycles. The van der Waals surface area contributed by atoms with Gasteiger partial charge in [0.15, 0.2) is 5.82 Å². The van der Waals surface area contributed by atoms with Gasteiger partial charge in [-0.1, -0.05) is 5.16 Å². The van der Waals surface area contributed by atoms with Crippen molar-refractivity contribution in [3.8, 4) is 0 Å². The molecule has 7 nitrogen and oxygen atoms in total. The van der Waals surface area contributed by atoms with Crippen LogP contribution >= 0.6 is 0 Å². The lowest BCUT2D eigenvalue weighted by molar-refractivity contribution is 0.00661. The highest BCUT2D eigenvalue weighted by Gasteiger charge is 2.30. The van der Waals surface area contributed by atoms with Crippen molar-refractivity contribution in [2.24, 2.45) is 0 Å². The van der Waals surface area contributed by atoms with Crippen LogP contribution in [0.1, 0.15) is 53.3 Å². The van der Waals surface area contributed by atoms with Gasteiger partial charge in [-0.3, -0.25) is 0 Å². The van der Waals surface area contributed by atoms with Crippen molar-refractivity contribution in [3.05, 3.63) is 11.7 Å². The molecule has 0 atom stereocenters. The number of rotatable bonds is 5. The molecular formula is C15H28N4O3. The van der Waals surface area contributed by atoms with Gasteiger partial charge in [-0.25, -0.2) is 4.79 Å². The van der Waals surface area contributed by atoms with E-state index in [1.54, 1.807) is 11.8 Å². The fourth-order valence-corrected chi connectivity index (χ4v) is 1.82. The lowest BCUT2D eigenvalue weighted by Gasteiger charge is -2.36. The van der Waals surface area contributed by atoms with Gasteiger partial charge in [0.25, 0.3) is 0 Å². The van der Waals surface area contributed by atoms with Gasteiger partial charge in [-0.2, -0.15) is 4.98 Å². The van der Waals surface area contributed by atoms with E-state index in [1.165, 1.54) is 0 Å². The van der Waals surface area contributed by atoms with Crippen molar-refractivity contribution in [1.82, 2.24) is 20.4 Å². The van der Waals surface area contributed by atoms with E-state index < -0.39 is 5.60 Å². The Morgan fingerprint density at radius 3 is 2.36 bits per heavy atom. The standard InChI is InChI=1S/C15H28N4O3/c1-11-17-12(22-18-11)10-16-8-9-19(14(2,3)4)13(20)21-15(5,6)7/h16H,8-10H2,1-7H3. The highest BCUT2D eigenvalue weighted by molar-refractivity contribution is 5.69. The molecule has 1 amide bonds. The van der Waals surface area contributed by atoms with Crippen LogP contribution in [-0.4, -0.2) is 45.4 Å². The third-order valence-corrected chi connectivity index (χ3v) is 2.78. The Morgan fingerprint density at radius 2 is 1.91 bits per heavy atom. The molecule has 0 aliphatic heterocycles. The second-order valence-corrected chi connectivity index (χ2v) is 7.21. The summed E-state index contributed by atoms with van der Waals surface area (Å²) in [5.41, 5.74) is -0.819. The Morgan fingerprint density at radius 1 is 1.27 bits per heavy atom. The zero-order valence-electron chi connectivity index (χ0n) is 14.7. The smallest absolute Gasteiger partial charge is 0.410 e. The summed E-state index contributed by atoms with van der Waals surface area (Å²) >= 11 is 0. The summed E-state index contributed by atoms with van der Waals surface area (Å²) in [6.45, 7) is 14.9. The maximum Gasteiger partial charge on any atom is 0.410 e. The molecule has 22 heavy (non-hydrogen) atoms. The molecule has 0 spiro atoms. The molecule has 0 fully saturated rings. The van der Waals surface area contributed by atoms with E-state index in [9.17, 15) is 4.79 Å². The van der Waals surface area contributed by atoms with Crippen molar-refractivity contribution < 1.29 is 14.1 Å². The van der Waals surface area contributed by atoms with Gasteiger partial charge >= 0.3 is 6.09 Å². The van der Waals surface area contributed by atoms with Crippen LogP contribution in [0.15, 0.2) is 4.52 Å². The number of carbonyl (C=O) groups is 1. The number of nitrogens with one attached hydrogen (secondary N) is 1. The monoisotopic (exact) mass is 312 g/mol. The molecule has 1 N–H and O–H groups in total. The summed E-state index contributed by atoms with van der Waals surface area (Å²) in [6, 6.07) is 0. The summed E-state index contributed by atoms with van der Waals surface area (Å²) in [5, 5.41) is 6.92. The molecule has 0 unspecified atom stereocenters. The topological polar surface area (TPSA) is 80.5 Å². The molecule has 0 aliphatic rings. The number of hydrogen-bond donors (Lipinski definition) is 1. The SMILES string of the molecule is Cc1noc(CNCCN(C(=O)OC(C)(C)C)C(C)(C)C)n1. The van der Waals surface area contributed by atoms with Crippen LogP contribution in [0.3, 0.4) is 0 Å². The van der Waals surface area contributed by atoms with Crippen molar-refractivity contribution in [2.45, 2.75) is 66.2 Å². The first kappa shape index (κ1) is 18.4. The van der Waals surface area contributed by atoms with E-state index in [4.69, 9.17) is 9.26 Å². The van der Waals surface area contributed by atoms with Gasteiger partial charge in [-0.15, -0.1) is 0 Å². The predicted molar refractivity (Wildman–Crippen MR) is 83.4 cm³/mol. The largest absolute Gasteiger partial charge is 0.444 e. The first-order valence-corrected chi connectivity index (χ1v) is 7.49. The highest BCUT2D eigenvalue weighted by Crippen LogP contribution is 2.17. The minimum Gasteiger partial charge on any atom is -0.444 e. The van der Waals surface area contributed by atoms with Gasteiger partial charge in [0.1, 0.15) is 5.60 Å². The van der Waals surface area contributed by atoms with Crippen molar-refractivity contribution in [3.63, 3.8) is 0 Å². The molecule has 7 heteroatoms. The number of carbonyl (C=O) groups excluding carboxylic acids is 1. The number of aromatic nitrogens is 2. The fraction of sp³-hybridized carbons (Fsp3) is 0.800. The molecular weight excluding hydrogens is 284 g/mol. The predicted octanol–water partition coefficient (Wildman–Crippen LogP) is 2.50. The third kappa shape index (κ3) is 6.43. The molecule has 0 aromatic carbocycles. The molecule has 126 valence electrons. The quantitative estimate of drug-likeness (QED) is 0.841. The minimum atomic E-state index is -0.505. The Kier molecular flexibility index (Phi) is 5.93. The third-order valence-electron chi connectivity index (χ3n) is 2.78. The van der Waals surface area contributed by atoms with Crippen molar-refractivity contribution in [1.29, 1.82) is 0 Å². The van der Waals surface area contributed by atoms with E-state index in [-0.39, 0.29) is 11.6 Å². The number of hydrogen-bond acceptors (Lipinski definition) is 6. The molecule has 0 bridgehead atoms. The Balaban J connectivity index is 2.50. The maximum atomic E-state index is 12.3. The highest BCUT2D eigenvalue weighted by atomic mass is 16.6. The summed E-state index contributed by atoms with van der Waals surface area (Å²) in [5.74, 6) is 1.15. The van der Waals surface area contributed by atoms with E-state index in [0.717, 1.165) is 0 Å².